The Bertz CT molecular complexity index is 588. The molecule has 0 radical (unpaired) electrons. The Kier molecular flexibility index (Phi) is 2.81. The number of nitrogens with zero attached hydrogens (tertiary/aromatic N) is 2. The van der Waals surface area contributed by atoms with Crippen LogP contribution in [0.1, 0.15) is 25.1 Å². The molecule has 18 heavy (non-hydrogen) atoms. The van der Waals surface area contributed by atoms with Gasteiger partial charge in [-0.25, -0.2) is 4.52 Å². The van der Waals surface area contributed by atoms with E-state index < -0.39 is 5.79 Å². The number of hydrogen-bond donors (Lipinski definition) is 0. The van der Waals surface area contributed by atoms with Crippen LogP contribution in [-0.2, 0) is 21.7 Å². The maximum atomic E-state index is 6.41. The summed E-state index contributed by atoms with van der Waals surface area (Å²) in [6, 6.07) is 3.91. The molecule has 2 aromatic rings. The summed E-state index contributed by atoms with van der Waals surface area (Å²) >= 11 is 6.41. The zero-order chi connectivity index (χ0) is 12.8. The van der Waals surface area contributed by atoms with Gasteiger partial charge in [-0.2, -0.15) is 5.10 Å². The number of rotatable bonds is 2. The normalized spacial score (nSPS) is 18.6. The van der Waals surface area contributed by atoms with Crippen LogP contribution >= 0.6 is 11.6 Å². The van der Waals surface area contributed by atoms with Crippen LogP contribution < -0.4 is 0 Å². The molecule has 0 unspecified atom stereocenters. The molecule has 0 aliphatic carbocycles. The Labute approximate surface area is 110 Å². The second kappa shape index (κ2) is 4.23. The van der Waals surface area contributed by atoms with Crippen molar-refractivity contribution in [1.29, 1.82) is 0 Å². The summed E-state index contributed by atoms with van der Waals surface area (Å²) in [5, 5.41) is 5.16. The quantitative estimate of drug-likeness (QED) is 0.839. The summed E-state index contributed by atoms with van der Waals surface area (Å²) in [6.45, 7) is 5.16. The standard InChI is InChI=1S/C13H15ClN2O2/c1-3-10-11(14)12-9(5-4-6-16(12)15-10)13(2)17-7-8-18-13/h4-6H,3,7-8H2,1-2H3. The van der Waals surface area contributed by atoms with E-state index in [0.717, 1.165) is 23.2 Å². The lowest BCUT2D eigenvalue weighted by molar-refractivity contribution is -0.148. The molecule has 0 N–H and O–H groups in total. The van der Waals surface area contributed by atoms with Crippen LogP contribution in [0.3, 0.4) is 0 Å². The van der Waals surface area contributed by atoms with Crippen molar-refractivity contribution in [3.05, 3.63) is 34.6 Å². The van der Waals surface area contributed by atoms with Crippen LogP contribution in [0, 0.1) is 0 Å². The zero-order valence-electron chi connectivity index (χ0n) is 10.4. The molecular formula is C13H15ClN2O2. The van der Waals surface area contributed by atoms with Crippen molar-refractivity contribution >= 4 is 17.1 Å². The average Bonchev–Trinajstić information content (AvgIpc) is 2.95. The fourth-order valence-electron chi connectivity index (χ4n) is 2.37. The topological polar surface area (TPSA) is 35.8 Å². The highest BCUT2D eigenvalue weighted by Gasteiger charge is 2.36. The molecule has 1 fully saturated rings. The van der Waals surface area contributed by atoms with Gasteiger partial charge in [-0.05, 0) is 25.5 Å². The predicted molar refractivity (Wildman–Crippen MR) is 68.8 cm³/mol. The summed E-state index contributed by atoms with van der Waals surface area (Å²) < 4.78 is 13.2. The molecule has 1 saturated heterocycles. The van der Waals surface area contributed by atoms with Crippen molar-refractivity contribution in [1.82, 2.24) is 9.61 Å². The Morgan fingerprint density at radius 2 is 2.17 bits per heavy atom. The van der Waals surface area contributed by atoms with Crippen LogP contribution in [-0.4, -0.2) is 22.8 Å². The minimum absolute atomic E-state index is 0.601. The van der Waals surface area contributed by atoms with Crippen molar-refractivity contribution in [3.8, 4) is 0 Å². The largest absolute Gasteiger partial charge is 0.344 e. The van der Waals surface area contributed by atoms with Gasteiger partial charge in [-0.1, -0.05) is 18.5 Å². The minimum atomic E-state index is -0.725. The highest BCUT2D eigenvalue weighted by molar-refractivity contribution is 6.34. The molecule has 3 heterocycles. The third-order valence-electron chi connectivity index (χ3n) is 3.33. The van der Waals surface area contributed by atoms with E-state index in [-0.39, 0.29) is 0 Å². The smallest absolute Gasteiger partial charge is 0.194 e. The molecule has 0 aromatic carbocycles. The molecule has 96 valence electrons. The van der Waals surface area contributed by atoms with Gasteiger partial charge < -0.3 is 9.47 Å². The Morgan fingerprint density at radius 1 is 1.44 bits per heavy atom. The van der Waals surface area contributed by atoms with Crippen molar-refractivity contribution < 1.29 is 9.47 Å². The molecular weight excluding hydrogens is 252 g/mol. The average molecular weight is 267 g/mol. The number of fused-ring (bicyclic) bond motifs is 1. The van der Waals surface area contributed by atoms with E-state index in [1.807, 2.05) is 32.2 Å². The molecule has 0 bridgehead atoms. The second-order valence-electron chi connectivity index (χ2n) is 4.47. The monoisotopic (exact) mass is 266 g/mol. The summed E-state index contributed by atoms with van der Waals surface area (Å²) in [6.07, 6.45) is 2.70. The molecule has 0 atom stereocenters. The van der Waals surface area contributed by atoms with Gasteiger partial charge in [0.05, 0.1) is 29.4 Å². The van der Waals surface area contributed by atoms with Crippen LogP contribution in [0.25, 0.3) is 5.52 Å². The van der Waals surface area contributed by atoms with E-state index >= 15 is 0 Å². The summed E-state index contributed by atoms with van der Waals surface area (Å²) in [5.41, 5.74) is 2.70. The van der Waals surface area contributed by atoms with Crippen molar-refractivity contribution in [3.63, 3.8) is 0 Å². The van der Waals surface area contributed by atoms with Crippen molar-refractivity contribution in [2.24, 2.45) is 0 Å². The Morgan fingerprint density at radius 3 is 2.83 bits per heavy atom. The van der Waals surface area contributed by atoms with Gasteiger partial charge in [0.15, 0.2) is 5.79 Å². The summed E-state index contributed by atoms with van der Waals surface area (Å²) in [7, 11) is 0. The van der Waals surface area contributed by atoms with E-state index in [0.29, 0.717) is 18.2 Å². The number of ether oxygens (including phenoxy) is 2. The Balaban J connectivity index is 2.26. The molecule has 0 amide bonds. The third-order valence-corrected chi connectivity index (χ3v) is 3.72. The van der Waals surface area contributed by atoms with E-state index in [2.05, 4.69) is 5.10 Å². The minimum Gasteiger partial charge on any atom is -0.344 e. The molecule has 0 saturated carbocycles. The summed E-state index contributed by atoms with van der Waals surface area (Å²) in [4.78, 5) is 0. The lowest BCUT2D eigenvalue weighted by Crippen LogP contribution is -2.23. The first-order valence-electron chi connectivity index (χ1n) is 6.10. The molecule has 1 aliphatic rings. The van der Waals surface area contributed by atoms with Crippen molar-refractivity contribution in [2.75, 3.05) is 13.2 Å². The first kappa shape index (κ1) is 12.0. The van der Waals surface area contributed by atoms with Gasteiger partial charge in [-0.15, -0.1) is 0 Å². The number of pyridine rings is 1. The third kappa shape index (κ3) is 1.64. The maximum Gasteiger partial charge on any atom is 0.194 e. The SMILES string of the molecule is CCc1nn2cccc(C3(C)OCCO3)c2c1Cl. The van der Waals surface area contributed by atoms with Gasteiger partial charge in [0.2, 0.25) is 0 Å². The van der Waals surface area contributed by atoms with E-state index in [1.165, 1.54) is 0 Å². The van der Waals surface area contributed by atoms with Gasteiger partial charge >= 0.3 is 0 Å². The zero-order valence-corrected chi connectivity index (χ0v) is 11.2. The molecule has 3 rings (SSSR count). The molecule has 0 spiro atoms. The van der Waals surface area contributed by atoms with E-state index in [4.69, 9.17) is 21.1 Å². The van der Waals surface area contributed by atoms with Gasteiger partial charge in [0.1, 0.15) is 0 Å². The number of aromatic nitrogens is 2. The number of halogens is 1. The van der Waals surface area contributed by atoms with Gasteiger partial charge in [0, 0.05) is 11.8 Å². The lowest BCUT2D eigenvalue weighted by Gasteiger charge is -2.23. The first-order chi connectivity index (χ1) is 8.65. The molecule has 1 aliphatic heterocycles. The van der Waals surface area contributed by atoms with Crippen LogP contribution in [0.15, 0.2) is 18.3 Å². The number of aryl methyl sites for hydroxylation is 1. The highest BCUT2D eigenvalue weighted by atomic mass is 35.5. The second-order valence-corrected chi connectivity index (χ2v) is 4.85. The fraction of sp³-hybridized carbons (Fsp3) is 0.462. The summed E-state index contributed by atoms with van der Waals surface area (Å²) in [5.74, 6) is -0.725. The predicted octanol–water partition coefficient (Wildman–Crippen LogP) is 2.77. The fourth-order valence-corrected chi connectivity index (χ4v) is 2.73. The van der Waals surface area contributed by atoms with Gasteiger partial charge in [-0.3, -0.25) is 0 Å². The molecule has 5 heteroatoms. The Hall–Kier alpha value is -1.10. The molecule has 4 nitrogen and oxygen atoms in total. The van der Waals surface area contributed by atoms with E-state index in [1.54, 1.807) is 4.52 Å². The van der Waals surface area contributed by atoms with Crippen LogP contribution in [0.5, 0.6) is 0 Å². The van der Waals surface area contributed by atoms with E-state index in [9.17, 15) is 0 Å². The lowest BCUT2D eigenvalue weighted by atomic mass is 10.1. The van der Waals surface area contributed by atoms with Crippen molar-refractivity contribution in [2.45, 2.75) is 26.1 Å². The number of hydrogen-bond acceptors (Lipinski definition) is 3. The van der Waals surface area contributed by atoms with Crippen LogP contribution in [0.4, 0.5) is 0 Å². The maximum absolute atomic E-state index is 6.41. The van der Waals surface area contributed by atoms with Gasteiger partial charge in [0.25, 0.3) is 0 Å². The first-order valence-corrected chi connectivity index (χ1v) is 6.47. The molecule has 2 aromatic heterocycles. The highest BCUT2D eigenvalue weighted by Crippen LogP contribution is 2.36. The van der Waals surface area contributed by atoms with Crippen LogP contribution in [0.2, 0.25) is 5.02 Å².